The molecular formula is C11H18ClN3. The van der Waals surface area contributed by atoms with Gasteiger partial charge in [0.1, 0.15) is 0 Å². The van der Waals surface area contributed by atoms with Crippen LogP contribution in [0.1, 0.15) is 38.1 Å². The highest BCUT2D eigenvalue weighted by molar-refractivity contribution is 6.28. The zero-order chi connectivity index (χ0) is 10.7. The molecule has 0 aromatic carbocycles. The maximum Gasteiger partial charge on any atom is 0.202 e. The van der Waals surface area contributed by atoms with Crippen LogP contribution in [-0.4, -0.2) is 16.1 Å². The molecule has 0 aliphatic heterocycles. The third-order valence-corrected chi connectivity index (χ3v) is 3.64. The Morgan fingerprint density at radius 1 is 1.53 bits per heavy atom. The van der Waals surface area contributed by atoms with Crippen molar-refractivity contribution in [1.82, 2.24) is 9.55 Å². The normalized spacial score (nSPS) is 26.8. The van der Waals surface area contributed by atoms with Crippen molar-refractivity contribution in [3.8, 4) is 0 Å². The molecule has 1 aromatic heterocycles. The number of nitrogens with zero attached hydrogens (tertiary/aromatic N) is 2. The van der Waals surface area contributed by atoms with Gasteiger partial charge in [-0.2, -0.15) is 0 Å². The topological polar surface area (TPSA) is 43.8 Å². The molecule has 2 atom stereocenters. The fraction of sp³-hybridized carbons (Fsp3) is 0.727. The van der Waals surface area contributed by atoms with Crippen LogP contribution in [-0.2, 0) is 0 Å². The summed E-state index contributed by atoms with van der Waals surface area (Å²) in [4.78, 5) is 4.07. The maximum absolute atomic E-state index is 6.03. The Labute approximate surface area is 95.6 Å². The highest BCUT2D eigenvalue weighted by atomic mass is 35.5. The lowest BCUT2D eigenvalue weighted by Crippen LogP contribution is -2.21. The van der Waals surface area contributed by atoms with Gasteiger partial charge in [0.15, 0.2) is 0 Å². The van der Waals surface area contributed by atoms with E-state index in [-0.39, 0.29) is 0 Å². The van der Waals surface area contributed by atoms with Gasteiger partial charge in [-0.25, -0.2) is 4.98 Å². The monoisotopic (exact) mass is 227 g/mol. The summed E-state index contributed by atoms with van der Waals surface area (Å²) in [6, 6.07) is 0.533. The molecule has 0 bridgehead atoms. The van der Waals surface area contributed by atoms with Crippen LogP contribution >= 0.6 is 11.6 Å². The molecule has 15 heavy (non-hydrogen) atoms. The maximum atomic E-state index is 6.03. The van der Waals surface area contributed by atoms with Crippen molar-refractivity contribution in [1.29, 1.82) is 0 Å². The van der Waals surface area contributed by atoms with E-state index in [4.69, 9.17) is 17.3 Å². The minimum atomic E-state index is 0.533. The summed E-state index contributed by atoms with van der Waals surface area (Å²) in [6.07, 6.45) is 9.92. The van der Waals surface area contributed by atoms with Gasteiger partial charge >= 0.3 is 0 Å². The standard InChI is InChI=1S/C11H18ClN3/c12-11-14-6-7-15(11)10-3-1-2-9(8-10)4-5-13/h6-7,9-10H,1-5,8,13H2. The molecule has 2 N–H and O–H groups in total. The summed E-state index contributed by atoms with van der Waals surface area (Å²) in [5.41, 5.74) is 5.61. The molecule has 1 aromatic rings. The van der Waals surface area contributed by atoms with Gasteiger partial charge < -0.3 is 10.3 Å². The lowest BCUT2D eigenvalue weighted by Gasteiger charge is -2.30. The number of imidazole rings is 1. The van der Waals surface area contributed by atoms with Crippen molar-refractivity contribution in [3.05, 3.63) is 17.7 Å². The van der Waals surface area contributed by atoms with Crippen molar-refractivity contribution < 1.29 is 0 Å². The average molecular weight is 228 g/mol. The minimum Gasteiger partial charge on any atom is -0.330 e. The first kappa shape index (κ1) is 11.0. The highest BCUT2D eigenvalue weighted by Gasteiger charge is 2.23. The Morgan fingerprint density at radius 3 is 3.07 bits per heavy atom. The largest absolute Gasteiger partial charge is 0.330 e. The van der Waals surface area contributed by atoms with Crippen LogP contribution < -0.4 is 5.73 Å². The van der Waals surface area contributed by atoms with E-state index in [0.29, 0.717) is 11.3 Å². The number of aromatic nitrogens is 2. The van der Waals surface area contributed by atoms with Gasteiger partial charge in [-0.3, -0.25) is 0 Å². The van der Waals surface area contributed by atoms with Gasteiger partial charge in [-0.15, -0.1) is 0 Å². The van der Waals surface area contributed by atoms with Gasteiger partial charge in [0, 0.05) is 18.4 Å². The second-order valence-corrected chi connectivity index (χ2v) is 4.71. The van der Waals surface area contributed by atoms with Crippen LogP contribution in [0.3, 0.4) is 0 Å². The Morgan fingerprint density at radius 2 is 2.40 bits per heavy atom. The van der Waals surface area contributed by atoms with E-state index in [1.165, 1.54) is 25.7 Å². The molecule has 1 fully saturated rings. The van der Waals surface area contributed by atoms with E-state index in [9.17, 15) is 0 Å². The van der Waals surface area contributed by atoms with Gasteiger partial charge in [-0.1, -0.05) is 12.8 Å². The summed E-state index contributed by atoms with van der Waals surface area (Å²) in [7, 11) is 0. The third kappa shape index (κ3) is 2.52. The van der Waals surface area contributed by atoms with E-state index in [2.05, 4.69) is 9.55 Å². The molecule has 0 radical (unpaired) electrons. The van der Waals surface area contributed by atoms with E-state index in [1.54, 1.807) is 6.20 Å². The molecule has 0 spiro atoms. The predicted octanol–water partition coefficient (Wildman–Crippen LogP) is 2.62. The number of hydrogen-bond acceptors (Lipinski definition) is 2. The Bertz CT molecular complexity index is 309. The average Bonchev–Trinajstić information content (AvgIpc) is 2.65. The lowest BCUT2D eigenvalue weighted by molar-refractivity contribution is 0.258. The van der Waals surface area contributed by atoms with Crippen molar-refractivity contribution in [2.75, 3.05) is 6.54 Å². The van der Waals surface area contributed by atoms with E-state index < -0.39 is 0 Å². The molecule has 2 rings (SSSR count). The molecule has 1 heterocycles. The molecule has 1 aliphatic carbocycles. The molecule has 84 valence electrons. The van der Waals surface area contributed by atoms with Crippen LogP contribution in [0.2, 0.25) is 5.28 Å². The first-order chi connectivity index (χ1) is 7.31. The van der Waals surface area contributed by atoms with Crippen LogP contribution in [0, 0.1) is 5.92 Å². The minimum absolute atomic E-state index is 0.533. The zero-order valence-corrected chi connectivity index (χ0v) is 9.66. The van der Waals surface area contributed by atoms with Crippen LogP contribution in [0.15, 0.2) is 12.4 Å². The third-order valence-electron chi connectivity index (χ3n) is 3.34. The molecule has 1 saturated carbocycles. The summed E-state index contributed by atoms with van der Waals surface area (Å²) in [5.74, 6) is 0.771. The van der Waals surface area contributed by atoms with Crippen molar-refractivity contribution in [2.24, 2.45) is 11.7 Å². The number of hydrogen-bond donors (Lipinski definition) is 1. The van der Waals surface area contributed by atoms with E-state index in [1.807, 2.05) is 6.20 Å². The predicted molar refractivity (Wildman–Crippen MR) is 61.9 cm³/mol. The number of halogens is 1. The molecule has 2 unspecified atom stereocenters. The fourth-order valence-electron chi connectivity index (χ4n) is 2.58. The summed E-state index contributed by atoms with van der Waals surface area (Å²) >= 11 is 6.03. The first-order valence-corrected chi connectivity index (χ1v) is 6.07. The zero-order valence-electron chi connectivity index (χ0n) is 8.90. The molecule has 4 heteroatoms. The van der Waals surface area contributed by atoms with Gasteiger partial charge in [0.2, 0.25) is 5.28 Å². The SMILES string of the molecule is NCCC1CCCC(n2ccnc2Cl)C1. The van der Waals surface area contributed by atoms with E-state index in [0.717, 1.165) is 18.9 Å². The Hall–Kier alpha value is -0.540. The first-order valence-electron chi connectivity index (χ1n) is 5.69. The Kier molecular flexibility index (Phi) is 3.65. The second-order valence-electron chi connectivity index (χ2n) is 4.37. The summed E-state index contributed by atoms with van der Waals surface area (Å²) in [5, 5.41) is 0.619. The second kappa shape index (κ2) is 4.99. The van der Waals surface area contributed by atoms with Crippen LogP contribution in [0.25, 0.3) is 0 Å². The molecule has 0 saturated heterocycles. The van der Waals surface area contributed by atoms with Gasteiger partial charge in [-0.05, 0) is 43.3 Å². The van der Waals surface area contributed by atoms with Crippen molar-refractivity contribution >= 4 is 11.6 Å². The van der Waals surface area contributed by atoms with Crippen LogP contribution in [0.5, 0.6) is 0 Å². The van der Waals surface area contributed by atoms with Gasteiger partial charge in [0.05, 0.1) is 0 Å². The molecule has 0 amide bonds. The van der Waals surface area contributed by atoms with Crippen molar-refractivity contribution in [2.45, 2.75) is 38.1 Å². The molecule has 1 aliphatic rings. The highest BCUT2D eigenvalue weighted by Crippen LogP contribution is 2.35. The number of rotatable bonds is 3. The quantitative estimate of drug-likeness (QED) is 0.863. The van der Waals surface area contributed by atoms with Crippen molar-refractivity contribution in [3.63, 3.8) is 0 Å². The molecule has 3 nitrogen and oxygen atoms in total. The molecular weight excluding hydrogens is 210 g/mol. The lowest BCUT2D eigenvalue weighted by atomic mass is 9.84. The smallest absolute Gasteiger partial charge is 0.202 e. The summed E-state index contributed by atoms with van der Waals surface area (Å²) < 4.78 is 2.10. The van der Waals surface area contributed by atoms with Crippen LogP contribution in [0.4, 0.5) is 0 Å². The summed E-state index contributed by atoms with van der Waals surface area (Å²) in [6.45, 7) is 0.801. The Balaban J connectivity index is 2.01. The fourth-order valence-corrected chi connectivity index (χ4v) is 2.83. The van der Waals surface area contributed by atoms with Gasteiger partial charge in [0.25, 0.3) is 0 Å². The number of nitrogens with two attached hydrogens (primary N) is 1. The van der Waals surface area contributed by atoms with E-state index >= 15 is 0 Å².